The second-order valence-electron chi connectivity index (χ2n) is 8.85. The van der Waals surface area contributed by atoms with Gasteiger partial charge in [-0.05, 0) is 80.9 Å². The van der Waals surface area contributed by atoms with E-state index in [4.69, 9.17) is 0 Å². The number of hydrogen-bond acceptors (Lipinski definition) is 2. The highest BCUT2D eigenvalue weighted by atomic mass is 127. The Morgan fingerprint density at radius 2 is 1.33 bits per heavy atom. The normalized spacial score (nSPS) is 12.3. The predicted molar refractivity (Wildman–Crippen MR) is 121 cm³/mol. The van der Waals surface area contributed by atoms with Crippen LogP contribution in [-0.4, -0.2) is 19.2 Å². The van der Waals surface area contributed by atoms with Crippen molar-refractivity contribution in [2.75, 3.05) is 0 Å². The van der Waals surface area contributed by atoms with Crippen LogP contribution < -0.4 is 0 Å². The lowest BCUT2D eigenvalue weighted by Crippen LogP contribution is -2.12. The summed E-state index contributed by atoms with van der Waals surface area (Å²) in [5, 5.41) is 8.41. The number of hydrogen-bond donors (Lipinski definition) is 0. The van der Waals surface area contributed by atoms with E-state index in [1.165, 1.54) is 16.6 Å². The van der Waals surface area contributed by atoms with Crippen molar-refractivity contribution in [3.05, 3.63) is 69.8 Å². The smallest absolute Gasteiger partial charge is 0.103 e. The zero-order valence-electron chi connectivity index (χ0n) is 16.9. The van der Waals surface area contributed by atoms with E-state index in [2.05, 4.69) is 98.6 Å². The quantitative estimate of drug-likeness (QED) is 0.236. The molecule has 5 heteroatoms. The second-order valence-corrected chi connectivity index (χ2v) is 9.96. The van der Waals surface area contributed by atoms with Gasteiger partial charge in [0, 0.05) is 12.4 Å². The Hall–Kier alpha value is -1.89. The van der Waals surface area contributed by atoms with E-state index in [0.717, 1.165) is 9.22 Å². The van der Waals surface area contributed by atoms with E-state index in [0.29, 0.717) is 0 Å². The fraction of sp³-hybridized carbons (Fsp3) is 0.364. The third-order valence-corrected chi connectivity index (χ3v) is 5.35. The molecule has 142 valence electrons. The molecule has 4 aromatic rings. The average molecular weight is 474 g/mol. The Morgan fingerprint density at radius 1 is 0.741 bits per heavy atom. The highest BCUT2D eigenvalue weighted by Gasteiger charge is 2.15. The van der Waals surface area contributed by atoms with Crippen molar-refractivity contribution >= 4 is 33.6 Å². The van der Waals surface area contributed by atoms with Gasteiger partial charge >= 0.3 is 0 Å². The van der Waals surface area contributed by atoms with Crippen LogP contribution in [0.25, 0.3) is 11.0 Å². The Balaban J connectivity index is 0.000000156. The summed E-state index contributed by atoms with van der Waals surface area (Å²) in [6.45, 7) is 13.3. The maximum Gasteiger partial charge on any atom is 0.103 e. The van der Waals surface area contributed by atoms with Crippen LogP contribution in [0.1, 0.15) is 52.7 Å². The molecule has 0 N–H and O–H groups in total. The molecule has 0 radical (unpaired) electrons. The molecule has 0 aliphatic carbocycles. The minimum atomic E-state index is 0.200. The molecule has 4 nitrogen and oxygen atoms in total. The van der Waals surface area contributed by atoms with Gasteiger partial charge < -0.3 is 0 Å². The van der Waals surface area contributed by atoms with Crippen molar-refractivity contribution in [1.82, 2.24) is 19.2 Å². The molecule has 4 heterocycles. The average Bonchev–Trinajstić information content (AvgIpc) is 3.22. The van der Waals surface area contributed by atoms with Gasteiger partial charge in [-0.25, -0.2) is 9.03 Å². The first-order chi connectivity index (χ1) is 12.6. The van der Waals surface area contributed by atoms with Gasteiger partial charge in [0.05, 0.1) is 17.2 Å². The molecule has 0 fully saturated rings. The summed E-state index contributed by atoms with van der Waals surface area (Å²) in [6.07, 6.45) is 5.67. The minimum absolute atomic E-state index is 0.200. The first kappa shape index (κ1) is 19.9. The van der Waals surface area contributed by atoms with Crippen LogP contribution in [0.5, 0.6) is 0 Å². The second kappa shape index (κ2) is 7.26. The van der Waals surface area contributed by atoms with Gasteiger partial charge in [0.25, 0.3) is 0 Å². The number of rotatable bonds is 0. The van der Waals surface area contributed by atoms with Gasteiger partial charge in [0.2, 0.25) is 0 Å². The summed E-state index contributed by atoms with van der Waals surface area (Å²) in [5.41, 5.74) is 5.45. The fourth-order valence-corrected chi connectivity index (χ4v) is 3.55. The molecule has 0 aliphatic heterocycles. The van der Waals surface area contributed by atoms with Crippen LogP contribution in [0.4, 0.5) is 0 Å². The van der Waals surface area contributed by atoms with Crippen LogP contribution >= 0.6 is 22.6 Å². The van der Waals surface area contributed by atoms with E-state index in [1.54, 1.807) is 0 Å². The van der Waals surface area contributed by atoms with Crippen LogP contribution in [0.3, 0.4) is 0 Å². The van der Waals surface area contributed by atoms with Crippen molar-refractivity contribution in [3.8, 4) is 0 Å². The molecule has 4 rings (SSSR count). The highest BCUT2D eigenvalue weighted by molar-refractivity contribution is 14.1. The molecule has 0 saturated heterocycles. The number of halogens is 1. The third-order valence-electron chi connectivity index (χ3n) is 4.58. The van der Waals surface area contributed by atoms with Gasteiger partial charge in [-0.2, -0.15) is 10.2 Å². The van der Waals surface area contributed by atoms with Gasteiger partial charge in [-0.15, -0.1) is 0 Å². The van der Waals surface area contributed by atoms with Crippen LogP contribution in [-0.2, 0) is 10.8 Å². The Bertz CT molecular complexity index is 1060. The Kier molecular flexibility index (Phi) is 5.34. The fourth-order valence-electron chi connectivity index (χ4n) is 2.81. The zero-order chi connectivity index (χ0) is 19.8. The van der Waals surface area contributed by atoms with Gasteiger partial charge in [-0.1, -0.05) is 41.5 Å². The monoisotopic (exact) mass is 474 g/mol. The lowest BCUT2D eigenvalue weighted by Gasteiger charge is -2.19. The van der Waals surface area contributed by atoms with Gasteiger partial charge in [0.1, 0.15) is 3.70 Å². The van der Waals surface area contributed by atoms with Crippen LogP contribution in [0.2, 0.25) is 0 Å². The summed E-state index contributed by atoms with van der Waals surface area (Å²) in [4.78, 5) is 0. The van der Waals surface area contributed by atoms with E-state index >= 15 is 0 Å². The van der Waals surface area contributed by atoms with Crippen LogP contribution in [0, 0.1) is 3.70 Å². The molecule has 0 aliphatic rings. The lowest BCUT2D eigenvalue weighted by atomic mass is 9.87. The maximum absolute atomic E-state index is 4.25. The van der Waals surface area contributed by atoms with Gasteiger partial charge in [-0.3, -0.25) is 0 Å². The van der Waals surface area contributed by atoms with Crippen molar-refractivity contribution in [2.24, 2.45) is 0 Å². The van der Waals surface area contributed by atoms with Gasteiger partial charge in [0.15, 0.2) is 0 Å². The number of pyridine rings is 2. The van der Waals surface area contributed by atoms with Crippen molar-refractivity contribution in [2.45, 2.75) is 52.4 Å². The first-order valence-corrected chi connectivity index (χ1v) is 10.2. The topological polar surface area (TPSA) is 34.6 Å². The SMILES string of the molecule is CC(C)(C)c1cc(I)n2nccc2c1.CC(C)(C)c1ccn2nccc2c1. The third kappa shape index (κ3) is 4.51. The molecule has 0 saturated carbocycles. The molecule has 0 unspecified atom stereocenters. The summed E-state index contributed by atoms with van der Waals surface area (Å²) in [5.74, 6) is 0. The van der Waals surface area contributed by atoms with Crippen molar-refractivity contribution < 1.29 is 0 Å². The molecule has 27 heavy (non-hydrogen) atoms. The number of aromatic nitrogens is 4. The Labute approximate surface area is 174 Å². The lowest BCUT2D eigenvalue weighted by molar-refractivity contribution is 0.588. The van der Waals surface area contributed by atoms with Crippen molar-refractivity contribution in [3.63, 3.8) is 0 Å². The number of fused-ring (bicyclic) bond motifs is 2. The molecule has 0 amide bonds. The summed E-state index contributed by atoms with van der Waals surface area (Å²) in [6, 6.07) is 12.8. The van der Waals surface area contributed by atoms with Crippen LogP contribution in [0.15, 0.2) is 55.0 Å². The molecule has 4 aromatic heterocycles. The number of nitrogens with zero attached hydrogens (tertiary/aromatic N) is 4. The van der Waals surface area contributed by atoms with E-state index < -0.39 is 0 Å². The maximum atomic E-state index is 4.25. The molecular weight excluding hydrogens is 447 g/mol. The van der Waals surface area contributed by atoms with Crippen molar-refractivity contribution in [1.29, 1.82) is 0 Å². The first-order valence-electron chi connectivity index (χ1n) is 9.13. The zero-order valence-corrected chi connectivity index (χ0v) is 19.0. The minimum Gasteiger partial charge on any atom is -0.241 e. The molecular formula is C22H27IN4. The highest BCUT2D eigenvalue weighted by Crippen LogP contribution is 2.25. The van der Waals surface area contributed by atoms with E-state index in [1.807, 2.05) is 39.8 Å². The molecule has 0 spiro atoms. The predicted octanol–water partition coefficient (Wildman–Crippen LogP) is 5.87. The molecule has 0 aromatic carbocycles. The Morgan fingerprint density at radius 3 is 2.00 bits per heavy atom. The summed E-state index contributed by atoms with van der Waals surface area (Å²) >= 11 is 2.32. The summed E-state index contributed by atoms with van der Waals surface area (Å²) in [7, 11) is 0. The van der Waals surface area contributed by atoms with E-state index in [-0.39, 0.29) is 10.8 Å². The molecule has 0 bridgehead atoms. The largest absolute Gasteiger partial charge is 0.241 e. The summed E-state index contributed by atoms with van der Waals surface area (Å²) < 4.78 is 5.00. The van der Waals surface area contributed by atoms with E-state index in [9.17, 15) is 0 Å². The standard InChI is InChI=1S/C11H13IN2.C11H14N2/c1-11(2,3)8-6-9-4-5-13-14(9)10(12)7-8;1-11(2,3)9-5-7-13-10(8-9)4-6-12-13/h4-7H,1-3H3;4-8H,1-3H3. The molecule has 0 atom stereocenters.